The highest BCUT2D eigenvalue weighted by atomic mass is 32.2. The van der Waals surface area contributed by atoms with E-state index in [0.29, 0.717) is 6.42 Å². The normalized spacial score (nSPS) is 11.3. The third-order valence-electron chi connectivity index (χ3n) is 4.00. The van der Waals surface area contributed by atoms with Crippen molar-refractivity contribution in [3.05, 3.63) is 59.2 Å². The maximum Gasteiger partial charge on any atom is 0.240 e. The van der Waals surface area contributed by atoms with Crippen LogP contribution >= 0.6 is 0 Å². The third-order valence-corrected chi connectivity index (χ3v) is 5.46. The SMILES string of the molecule is Cc1ccc(NC(=O)CCCNS(=O)(=O)c2ccc(C)c(C)c2)cc1. The number of carbonyl (C=O) groups is 1. The molecule has 1 amide bonds. The molecule has 134 valence electrons. The molecule has 2 aromatic carbocycles. The summed E-state index contributed by atoms with van der Waals surface area (Å²) in [7, 11) is -3.54. The van der Waals surface area contributed by atoms with Crippen LogP contribution in [0.3, 0.4) is 0 Å². The Morgan fingerprint density at radius 3 is 2.28 bits per heavy atom. The molecule has 0 aliphatic carbocycles. The summed E-state index contributed by atoms with van der Waals surface area (Å²) in [6.45, 7) is 6.01. The topological polar surface area (TPSA) is 75.3 Å². The molecule has 0 atom stereocenters. The first-order chi connectivity index (χ1) is 11.8. The summed E-state index contributed by atoms with van der Waals surface area (Å²) in [6.07, 6.45) is 0.686. The van der Waals surface area contributed by atoms with Gasteiger partial charge in [0.05, 0.1) is 4.90 Å². The molecular weight excluding hydrogens is 336 g/mol. The molecule has 2 rings (SSSR count). The van der Waals surface area contributed by atoms with Gasteiger partial charge in [0.15, 0.2) is 0 Å². The van der Waals surface area contributed by atoms with Crippen LogP contribution in [0.15, 0.2) is 47.4 Å². The summed E-state index contributed by atoms with van der Waals surface area (Å²) in [5, 5.41) is 2.80. The van der Waals surface area contributed by atoms with Crippen molar-refractivity contribution in [3.8, 4) is 0 Å². The van der Waals surface area contributed by atoms with Crippen LogP contribution in [0.1, 0.15) is 29.5 Å². The van der Waals surface area contributed by atoms with Gasteiger partial charge in [0.25, 0.3) is 0 Å². The van der Waals surface area contributed by atoms with E-state index in [1.807, 2.05) is 45.0 Å². The number of benzene rings is 2. The zero-order valence-electron chi connectivity index (χ0n) is 14.8. The average molecular weight is 360 g/mol. The molecule has 0 saturated carbocycles. The van der Waals surface area contributed by atoms with E-state index >= 15 is 0 Å². The monoisotopic (exact) mass is 360 g/mol. The molecule has 0 bridgehead atoms. The number of carbonyl (C=O) groups excluding carboxylic acids is 1. The van der Waals surface area contributed by atoms with E-state index in [4.69, 9.17) is 0 Å². The van der Waals surface area contributed by atoms with Crippen LogP contribution in [0.4, 0.5) is 5.69 Å². The molecule has 5 nitrogen and oxygen atoms in total. The van der Waals surface area contributed by atoms with Crippen LogP contribution in [-0.2, 0) is 14.8 Å². The smallest absolute Gasteiger partial charge is 0.240 e. The summed E-state index contributed by atoms with van der Waals surface area (Å²) in [4.78, 5) is 12.1. The van der Waals surface area contributed by atoms with Gasteiger partial charge in [-0.3, -0.25) is 4.79 Å². The first kappa shape index (κ1) is 19.1. The van der Waals surface area contributed by atoms with Crippen LogP contribution in [-0.4, -0.2) is 20.9 Å². The molecule has 0 aliphatic heterocycles. The number of nitrogens with one attached hydrogen (secondary N) is 2. The molecule has 0 aromatic heterocycles. The van der Waals surface area contributed by atoms with Crippen molar-refractivity contribution in [2.24, 2.45) is 0 Å². The lowest BCUT2D eigenvalue weighted by Gasteiger charge is -2.09. The first-order valence-electron chi connectivity index (χ1n) is 8.21. The van der Waals surface area contributed by atoms with Crippen LogP contribution in [0.2, 0.25) is 0 Å². The Hall–Kier alpha value is -2.18. The van der Waals surface area contributed by atoms with E-state index in [0.717, 1.165) is 22.4 Å². The molecule has 0 saturated heterocycles. The van der Waals surface area contributed by atoms with Crippen molar-refractivity contribution in [1.29, 1.82) is 0 Å². The predicted octanol–water partition coefficient (Wildman–Crippen LogP) is 3.31. The minimum atomic E-state index is -3.54. The Labute approximate surface area is 149 Å². The average Bonchev–Trinajstić information content (AvgIpc) is 2.56. The van der Waals surface area contributed by atoms with Gasteiger partial charge in [-0.15, -0.1) is 0 Å². The van der Waals surface area contributed by atoms with Gasteiger partial charge >= 0.3 is 0 Å². The van der Waals surface area contributed by atoms with Gasteiger partial charge < -0.3 is 5.32 Å². The Morgan fingerprint density at radius 1 is 0.960 bits per heavy atom. The fourth-order valence-corrected chi connectivity index (χ4v) is 3.44. The zero-order valence-corrected chi connectivity index (χ0v) is 15.6. The van der Waals surface area contributed by atoms with Gasteiger partial charge in [0, 0.05) is 18.7 Å². The van der Waals surface area contributed by atoms with E-state index in [9.17, 15) is 13.2 Å². The minimum absolute atomic E-state index is 0.130. The Kier molecular flexibility index (Phi) is 6.33. The highest BCUT2D eigenvalue weighted by Crippen LogP contribution is 2.14. The molecule has 25 heavy (non-hydrogen) atoms. The van der Waals surface area contributed by atoms with E-state index in [1.54, 1.807) is 18.2 Å². The van der Waals surface area contributed by atoms with Crippen molar-refractivity contribution in [2.45, 2.75) is 38.5 Å². The van der Waals surface area contributed by atoms with Crippen LogP contribution < -0.4 is 10.0 Å². The number of anilines is 1. The number of sulfonamides is 1. The van der Waals surface area contributed by atoms with Gasteiger partial charge in [-0.1, -0.05) is 23.8 Å². The standard InChI is InChI=1S/C19H24N2O3S/c1-14-6-9-17(10-7-14)21-19(22)5-4-12-20-25(23,24)18-11-8-15(2)16(3)13-18/h6-11,13,20H,4-5,12H2,1-3H3,(H,21,22). The fourth-order valence-electron chi connectivity index (χ4n) is 2.28. The van der Waals surface area contributed by atoms with Gasteiger partial charge in [0.2, 0.25) is 15.9 Å². The molecule has 2 N–H and O–H groups in total. The molecule has 0 radical (unpaired) electrons. The number of rotatable bonds is 7. The maximum atomic E-state index is 12.3. The Bertz CT molecular complexity index is 843. The molecule has 0 aliphatic rings. The van der Waals surface area contributed by atoms with Gasteiger partial charge in [-0.2, -0.15) is 0 Å². The predicted molar refractivity (Wildman–Crippen MR) is 100 cm³/mol. The fraction of sp³-hybridized carbons (Fsp3) is 0.316. The van der Waals surface area contributed by atoms with Gasteiger partial charge in [-0.25, -0.2) is 13.1 Å². The number of hydrogen-bond acceptors (Lipinski definition) is 3. The Morgan fingerprint density at radius 2 is 1.64 bits per heavy atom. The van der Waals surface area contributed by atoms with Crippen LogP contribution in [0.25, 0.3) is 0 Å². The summed E-state index contributed by atoms with van der Waals surface area (Å²) < 4.78 is 27.0. The molecular formula is C19H24N2O3S. The van der Waals surface area contributed by atoms with E-state index in [2.05, 4.69) is 10.0 Å². The molecule has 0 heterocycles. The Balaban J connectivity index is 1.80. The number of aryl methyl sites for hydroxylation is 3. The second-order valence-corrected chi connectivity index (χ2v) is 7.93. The highest BCUT2D eigenvalue weighted by molar-refractivity contribution is 7.89. The lowest BCUT2D eigenvalue weighted by molar-refractivity contribution is -0.116. The molecule has 0 fully saturated rings. The van der Waals surface area contributed by atoms with Crippen molar-refractivity contribution >= 4 is 21.6 Å². The third kappa shape index (κ3) is 5.69. The summed E-state index contributed by atoms with van der Waals surface area (Å²) in [5.74, 6) is -0.130. The van der Waals surface area contributed by atoms with Crippen molar-refractivity contribution in [2.75, 3.05) is 11.9 Å². The van der Waals surface area contributed by atoms with E-state index < -0.39 is 10.0 Å². The lowest BCUT2D eigenvalue weighted by Crippen LogP contribution is -2.26. The number of hydrogen-bond donors (Lipinski definition) is 2. The molecule has 2 aromatic rings. The quantitative estimate of drug-likeness (QED) is 0.744. The van der Waals surface area contributed by atoms with Gasteiger partial charge in [0.1, 0.15) is 0 Å². The first-order valence-corrected chi connectivity index (χ1v) is 9.70. The van der Waals surface area contributed by atoms with Crippen molar-refractivity contribution in [1.82, 2.24) is 4.72 Å². The summed E-state index contributed by atoms with van der Waals surface area (Å²) in [5.41, 5.74) is 3.84. The molecule has 0 spiro atoms. The lowest BCUT2D eigenvalue weighted by atomic mass is 10.1. The molecule has 6 heteroatoms. The molecule has 0 unspecified atom stereocenters. The second kappa shape index (κ2) is 8.27. The van der Waals surface area contributed by atoms with Crippen molar-refractivity contribution < 1.29 is 13.2 Å². The maximum absolute atomic E-state index is 12.3. The largest absolute Gasteiger partial charge is 0.326 e. The van der Waals surface area contributed by atoms with Crippen LogP contribution in [0.5, 0.6) is 0 Å². The highest BCUT2D eigenvalue weighted by Gasteiger charge is 2.14. The van der Waals surface area contributed by atoms with E-state index in [-0.39, 0.29) is 23.8 Å². The van der Waals surface area contributed by atoms with Crippen molar-refractivity contribution in [3.63, 3.8) is 0 Å². The summed E-state index contributed by atoms with van der Waals surface area (Å²) in [6, 6.07) is 12.6. The van der Waals surface area contributed by atoms with Crippen LogP contribution in [0, 0.1) is 20.8 Å². The second-order valence-electron chi connectivity index (χ2n) is 6.16. The number of amides is 1. The van der Waals surface area contributed by atoms with Gasteiger partial charge in [-0.05, 0) is 62.6 Å². The summed E-state index contributed by atoms with van der Waals surface area (Å²) >= 11 is 0. The van der Waals surface area contributed by atoms with E-state index in [1.165, 1.54) is 0 Å². The zero-order chi connectivity index (χ0) is 18.4. The minimum Gasteiger partial charge on any atom is -0.326 e.